The van der Waals surface area contributed by atoms with Crippen molar-refractivity contribution in [2.24, 2.45) is 5.16 Å². The fourth-order valence-corrected chi connectivity index (χ4v) is 2.40. The maximum absolute atomic E-state index is 6.01. The fourth-order valence-electron chi connectivity index (χ4n) is 2.21. The molecule has 0 N–H and O–H groups in total. The summed E-state index contributed by atoms with van der Waals surface area (Å²) < 4.78 is 16.6. The Morgan fingerprint density at radius 3 is 2.71 bits per heavy atom. The number of fused-ring (bicyclic) bond motifs is 1. The summed E-state index contributed by atoms with van der Waals surface area (Å²) in [6, 6.07) is 13.0. The van der Waals surface area contributed by atoms with Crippen LogP contribution in [0, 0.1) is 0 Å². The summed E-state index contributed by atoms with van der Waals surface area (Å²) in [6.07, 6.45) is 0. The highest BCUT2D eigenvalue weighted by Crippen LogP contribution is 2.30. The van der Waals surface area contributed by atoms with Crippen LogP contribution in [0.15, 0.2) is 47.6 Å². The van der Waals surface area contributed by atoms with Crippen LogP contribution in [0.1, 0.15) is 12.5 Å². The summed E-state index contributed by atoms with van der Waals surface area (Å²) in [6.45, 7) is 3.70. The van der Waals surface area contributed by atoms with Crippen LogP contribution < -0.4 is 14.2 Å². The Labute approximate surface area is 145 Å². The summed E-state index contributed by atoms with van der Waals surface area (Å²) in [5, 5.41) is 4.68. The van der Waals surface area contributed by atoms with Gasteiger partial charge in [-0.25, -0.2) is 0 Å². The number of hydrogen-bond acceptors (Lipinski definition) is 5. The van der Waals surface area contributed by atoms with E-state index in [2.05, 4.69) is 5.16 Å². The summed E-state index contributed by atoms with van der Waals surface area (Å²) in [5.74, 6) is 2.12. The molecule has 0 unspecified atom stereocenters. The number of hydrogen-bond donors (Lipinski definition) is 0. The van der Waals surface area contributed by atoms with Crippen LogP contribution in [0.4, 0.5) is 0 Å². The third-order valence-electron chi connectivity index (χ3n) is 3.43. The maximum Gasteiger partial charge on any atom is 0.162 e. The first-order chi connectivity index (χ1) is 11.7. The lowest BCUT2D eigenvalue weighted by atomic mass is 10.1. The molecule has 24 heavy (non-hydrogen) atoms. The number of ether oxygens (including phenoxy) is 3. The van der Waals surface area contributed by atoms with Gasteiger partial charge in [0.05, 0.1) is 10.7 Å². The molecule has 0 saturated heterocycles. The van der Waals surface area contributed by atoms with E-state index in [-0.39, 0.29) is 0 Å². The number of halogens is 1. The summed E-state index contributed by atoms with van der Waals surface area (Å²) >= 11 is 6.01. The molecule has 1 heterocycles. The van der Waals surface area contributed by atoms with Crippen molar-refractivity contribution in [3.05, 3.63) is 53.1 Å². The highest BCUT2D eigenvalue weighted by atomic mass is 35.5. The van der Waals surface area contributed by atoms with Crippen LogP contribution in [-0.2, 0) is 4.84 Å². The van der Waals surface area contributed by atoms with Gasteiger partial charge < -0.3 is 19.0 Å². The number of para-hydroxylation sites is 1. The second kappa shape index (κ2) is 7.93. The van der Waals surface area contributed by atoms with Gasteiger partial charge in [0.2, 0.25) is 0 Å². The van der Waals surface area contributed by atoms with Crippen LogP contribution >= 0.6 is 11.6 Å². The van der Waals surface area contributed by atoms with E-state index in [1.807, 2.05) is 43.3 Å². The number of rotatable bonds is 6. The van der Waals surface area contributed by atoms with Crippen molar-refractivity contribution in [3.63, 3.8) is 0 Å². The summed E-state index contributed by atoms with van der Waals surface area (Å²) in [4.78, 5) is 5.30. The van der Waals surface area contributed by atoms with E-state index in [0.717, 1.165) is 22.8 Å². The molecule has 1 aliphatic rings. The van der Waals surface area contributed by atoms with E-state index in [4.69, 9.17) is 30.6 Å². The highest BCUT2D eigenvalue weighted by Gasteiger charge is 2.12. The van der Waals surface area contributed by atoms with Gasteiger partial charge in [0.1, 0.15) is 25.6 Å². The topological polar surface area (TPSA) is 49.3 Å². The van der Waals surface area contributed by atoms with E-state index in [0.29, 0.717) is 37.2 Å². The van der Waals surface area contributed by atoms with Crippen molar-refractivity contribution in [1.29, 1.82) is 0 Å². The Hall–Kier alpha value is -2.40. The molecule has 0 aromatic heterocycles. The molecule has 3 rings (SSSR count). The molecule has 5 nitrogen and oxygen atoms in total. The van der Waals surface area contributed by atoms with Crippen LogP contribution in [-0.4, -0.2) is 32.1 Å². The largest absolute Gasteiger partial charge is 0.488 e. The van der Waals surface area contributed by atoms with Gasteiger partial charge in [0, 0.05) is 5.56 Å². The first-order valence-corrected chi connectivity index (χ1v) is 8.06. The van der Waals surface area contributed by atoms with Crippen molar-refractivity contribution in [2.45, 2.75) is 6.92 Å². The summed E-state index contributed by atoms with van der Waals surface area (Å²) in [5.41, 5.74) is 1.68. The van der Waals surface area contributed by atoms with Gasteiger partial charge in [0.15, 0.2) is 18.1 Å². The lowest BCUT2D eigenvalue weighted by molar-refractivity contribution is 0.107. The monoisotopic (exact) mass is 347 g/mol. The number of nitrogens with zero attached hydrogens (tertiary/aromatic N) is 1. The fraction of sp³-hybridized carbons (Fsp3) is 0.278. The zero-order valence-electron chi connectivity index (χ0n) is 13.3. The van der Waals surface area contributed by atoms with Gasteiger partial charge in [-0.3, -0.25) is 0 Å². The minimum absolute atomic E-state index is 0.327. The molecule has 2 aromatic carbocycles. The average molecular weight is 348 g/mol. The standard InChI is InChI=1S/C18H18ClNO4/c1-13(14-6-7-17-18(12-14)23-9-8-22-17)20-24-11-10-21-16-5-3-2-4-15(16)19/h2-7,12H,8-11H2,1H3/b20-13+. The van der Waals surface area contributed by atoms with Gasteiger partial charge in [-0.15, -0.1) is 0 Å². The zero-order valence-corrected chi connectivity index (χ0v) is 14.1. The van der Waals surface area contributed by atoms with Crippen LogP contribution in [0.3, 0.4) is 0 Å². The lowest BCUT2D eigenvalue weighted by Gasteiger charge is -2.18. The molecule has 0 saturated carbocycles. The highest BCUT2D eigenvalue weighted by molar-refractivity contribution is 6.32. The van der Waals surface area contributed by atoms with E-state index in [9.17, 15) is 0 Å². The Morgan fingerprint density at radius 1 is 1.08 bits per heavy atom. The van der Waals surface area contributed by atoms with E-state index in [1.54, 1.807) is 6.07 Å². The van der Waals surface area contributed by atoms with Gasteiger partial charge in [-0.05, 0) is 37.3 Å². The summed E-state index contributed by atoms with van der Waals surface area (Å²) in [7, 11) is 0. The van der Waals surface area contributed by atoms with Crippen molar-refractivity contribution in [3.8, 4) is 17.2 Å². The minimum atomic E-state index is 0.327. The molecule has 1 aliphatic heterocycles. The molecule has 0 fully saturated rings. The molecule has 0 aliphatic carbocycles. The molecule has 126 valence electrons. The Morgan fingerprint density at radius 2 is 1.88 bits per heavy atom. The average Bonchev–Trinajstić information content (AvgIpc) is 2.62. The second-order valence-corrected chi connectivity index (χ2v) is 5.55. The Bertz CT molecular complexity index is 733. The lowest BCUT2D eigenvalue weighted by Crippen LogP contribution is -2.15. The van der Waals surface area contributed by atoms with Crippen molar-refractivity contribution < 1.29 is 19.0 Å². The normalized spacial score (nSPS) is 13.5. The van der Waals surface area contributed by atoms with Gasteiger partial charge >= 0.3 is 0 Å². The van der Waals surface area contributed by atoms with E-state index in [1.165, 1.54) is 0 Å². The van der Waals surface area contributed by atoms with Crippen LogP contribution in [0.5, 0.6) is 17.2 Å². The predicted molar refractivity (Wildman–Crippen MR) is 92.5 cm³/mol. The van der Waals surface area contributed by atoms with E-state index < -0.39 is 0 Å². The predicted octanol–water partition coefficient (Wildman–Crippen LogP) is 3.93. The molecule has 0 amide bonds. The number of oxime groups is 1. The molecule has 6 heteroatoms. The second-order valence-electron chi connectivity index (χ2n) is 5.15. The third-order valence-corrected chi connectivity index (χ3v) is 3.74. The molecule has 0 bridgehead atoms. The molecular weight excluding hydrogens is 330 g/mol. The maximum atomic E-state index is 6.01. The molecule has 0 spiro atoms. The van der Waals surface area contributed by atoms with Gasteiger partial charge in [0.25, 0.3) is 0 Å². The Kier molecular flexibility index (Phi) is 5.43. The minimum Gasteiger partial charge on any atom is -0.488 e. The SMILES string of the molecule is C/C(=N\OCCOc1ccccc1Cl)c1ccc2c(c1)OCCO2. The number of benzene rings is 2. The smallest absolute Gasteiger partial charge is 0.162 e. The molecule has 0 radical (unpaired) electrons. The third kappa shape index (κ3) is 4.11. The Balaban J connectivity index is 1.50. The van der Waals surface area contributed by atoms with E-state index >= 15 is 0 Å². The first-order valence-electron chi connectivity index (χ1n) is 7.68. The van der Waals surface area contributed by atoms with Crippen molar-refractivity contribution in [2.75, 3.05) is 26.4 Å². The van der Waals surface area contributed by atoms with Crippen molar-refractivity contribution in [1.82, 2.24) is 0 Å². The molecular formula is C18H18ClNO4. The van der Waals surface area contributed by atoms with Gasteiger partial charge in [-0.1, -0.05) is 28.9 Å². The van der Waals surface area contributed by atoms with Crippen molar-refractivity contribution >= 4 is 17.3 Å². The van der Waals surface area contributed by atoms with Crippen LogP contribution in [0.2, 0.25) is 5.02 Å². The molecule has 0 atom stereocenters. The quantitative estimate of drug-likeness (QED) is 0.451. The van der Waals surface area contributed by atoms with Crippen LogP contribution in [0.25, 0.3) is 0 Å². The van der Waals surface area contributed by atoms with Gasteiger partial charge in [-0.2, -0.15) is 0 Å². The molecule has 2 aromatic rings. The first kappa shape index (κ1) is 16.5. The zero-order chi connectivity index (χ0) is 16.8.